The molecule has 1 aliphatic rings. The van der Waals surface area contributed by atoms with E-state index in [0.717, 1.165) is 43.2 Å². The van der Waals surface area contributed by atoms with Gasteiger partial charge in [0.25, 0.3) is 0 Å². The molecule has 0 aromatic heterocycles. The van der Waals surface area contributed by atoms with E-state index in [1.165, 1.54) is 12.8 Å². The number of rotatable bonds is 5. The number of hydrogen-bond acceptors (Lipinski definition) is 2. The maximum absolute atomic E-state index is 14.0. The van der Waals surface area contributed by atoms with Crippen molar-refractivity contribution in [2.75, 3.05) is 13.1 Å². The lowest BCUT2D eigenvalue weighted by molar-refractivity contribution is 0.310. The van der Waals surface area contributed by atoms with Gasteiger partial charge in [-0.25, -0.2) is 4.39 Å². The van der Waals surface area contributed by atoms with Gasteiger partial charge in [-0.2, -0.15) is 0 Å². The average Bonchev–Trinajstić information content (AvgIpc) is 2.86. The Kier molecular flexibility index (Phi) is 5.39. The van der Waals surface area contributed by atoms with Gasteiger partial charge in [0.1, 0.15) is 5.82 Å². The maximum atomic E-state index is 14.0. The topological polar surface area (TPSA) is 15.3 Å². The first-order valence-electron chi connectivity index (χ1n) is 8.12. The fourth-order valence-corrected chi connectivity index (χ4v) is 2.86. The Morgan fingerprint density at radius 3 is 2.71 bits per heavy atom. The van der Waals surface area contributed by atoms with E-state index in [0.29, 0.717) is 0 Å². The van der Waals surface area contributed by atoms with Crippen LogP contribution in [0.5, 0.6) is 0 Å². The van der Waals surface area contributed by atoms with Crippen LogP contribution in [0.1, 0.15) is 51.7 Å². The molecule has 1 saturated heterocycles. The van der Waals surface area contributed by atoms with E-state index in [4.69, 9.17) is 0 Å². The summed E-state index contributed by atoms with van der Waals surface area (Å²) in [4.78, 5) is 2.38. The molecular weight excluding hydrogens is 263 g/mol. The highest BCUT2D eigenvalue weighted by Crippen LogP contribution is 2.22. The van der Waals surface area contributed by atoms with E-state index in [1.807, 2.05) is 12.1 Å². The van der Waals surface area contributed by atoms with Crippen LogP contribution in [-0.4, -0.2) is 23.5 Å². The van der Waals surface area contributed by atoms with Crippen LogP contribution in [0.15, 0.2) is 18.2 Å². The van der Waals surface area contributed by atoms with Crippen molar-refractivity contribution in [3.8, 4) is 0 Å². The molecule has 1 heterocycles. The average molecular weight is 292 g/mol. The monoisotopic (exact) mass is 292 g/mol. The zero-order valence-electron chi connectivity index (χ0n) is 13.9. The van der Waals surface area contributed by atoms with E-state index in [1.54, 1.807) is 6.07 Å². The molecule has 1 unspecified atom stereocenters. The lowest BCUT2D eigenvalue weighted by atomic mass is 10.1. The first kappa shape index (κ1) is 16.4. The van der Waals surface area contributed by atoms with E-state index >= 15 is 0 Å². The smallest absolute Gasteiger partial charge is 0.127 e. The Balaban J connectivity index is 1.99. The molecule has 0 radical (unpaired) electrons. The number of benzene rings is 1. The Morgan fingerprint density at radius 2 is 2.10 bits per heavy atom. The summed E-state index contributed by atoms with van der Waals surface area (Å²) in [6.45, 7) is 12.4. The normalized spacial score (nSPS) is 20.1. The Labute approximate surface area is 128 Å². The van der Waals surface area contributed by atoms with Gasteiger partial charge in [0.15, 0.2) is 0 Å². The molecule has 0 spiro atoms. The fraction of sp³-hybridized carbons (Fsp3) is 0.667. The molecular formula is C18H29FN2. The molecule has 118 valence electrons. The van der Waals surface area contributed by atoms with Crippen molar-refractivity contribution in [3.05, 3.63) is 35.1 Å². The summed E-state index contributed by atoms with van der Waals surface area (Å²) in [6, 6.07) is 5.52. The van der Waals surface area contributed by atoms with E-state index in [-0.39, 0.29) is 11.4 Å². The molecule has 0 aliphatic carbocycles. The summed E-state index contributed by atoms with van der Waals surface area (Å²) >= 11 is 0. The number of nitrogens with one attached hydrogen (secondary N) is 1. The summed E-state index contributed by atoms with van der Waals surface area (Å²) in [5, 5.41) is 3.46. The molecule has 1 aromatic rings. The van der Waals surface area contributed by atoms with Crippen molar-refractivity contribution >= 4 is 0 Å². The zero-order valence-corrected chi connectivity index (χ0v) is 13.9. The summed E-state index contributed by atoms with van der Waals surface area (Å²) in [7, 11) is 0. The van der Waals surface area contributed by atoms with Crippen molar-refractivity contribution in [3.63, 3.8) is 0 Å². The summed E-state index contributed by atoms with van der Waals surface area (Å²) < 4.78 is 14.0. The number of hydrogen-bond donors (Lipinski definition) is 1. The van der Waals surface area contributed by atoms with Gasteiger partial charge in [-0.15, -0.1) is 0 Å². The number of likely N-dealkylation sites (tertiary alicyclic amines) is 1. The predicted octanol–water partition coefficient (Wildman–Crippen LogP) is 3.95. The van der Waals surface area contributed by atoms with Crippen LogP contribution in [-0.2, 0) is 13.1 Å². The van der Waals surface area contributed by atoms with Crippen LogP contribution < -0.4 is 5.32 Å². The van der Waals surface area contributed by atoms with Crippen LogP contribution in [0.3, 0.4) is 0 Å². The maximum Gasteiger partial charge on any atom is 0.127 e. The third kappa shape index (κ3) is 5.08. The first-order valence-corrected chi connectivity index (χ1v) is 8.12. The van der Waals surface area contributed by atoms with Crippen LogP contribution in [0.4, 0.5) is 4.39 Å². The molecule has 0 bridgehead atoms. The SMILES string of the molecule is CCC1CCN(Cc2cc(CNC(C)(C)C)ccc2F)C1. The van der Waals surface area contributed by atoms with Gasteiger partial charge in [-0.05, 0) is 51.3 Å². The lowest BCUT2D eigenvalue weighted by Crippen LogP contribution is -2.35. The summed E-state index contributed by atoms with van der Waals surface area (Å²) in [6.07, 6.45) is 2.48. The molecule has 1 fully saturated rings. The second-order valence-corrected chi connectivity index (χ2v) is 7.33. The third-order valence-electron chi connectivity index (χ3n) is 4.27. The quantitative estimate of drug-likeness (QED) is 0.884. The van der Waals surface area contributed by atoms with Crippen molar-refractivity contribution < 1.29 is 4.39 Å². The highest BCUT2D eigenvalue weighted by molar-refractivity contribution is 5.25. The van der Waals surface area contributed by atoms with E-state index in [9.17, 15) is 4.39 Å². The first-order chi connectivity index (χ1) is 9.87. The van der Waals surface area contributed by atoms with Crippen molar-refractivity contribution in [1.29, 1.82) is 0 Å². The van der Waals surface area contributed by atoms with Gasteiger partial charge >= 0.3 is 0 Å². The minimum atomic E-state index is -0.0746. The van der Waals surface area contributed by atoms with Gasteiger partial charge in [0, 0.05) is 30.7 Å². The van der Waals surface area contributed by atoms with Crippen LogP contribution in [0.2, 0.25) is 0 Å². The molecule has 21 heavy (non-hydrogen) atoms. The van der Waals surface area contributed by atoms with Gasteiger partial charge in [-0.1, -0.05) is 25.5 Å². The molecule has 1 aliphatic heterocycles. The second kappa shape index (κ2) is 6.89. The standard InChI is InChI=1S/C18H29FN2/c1-5-14-8-9-21(12-14)13-16-10-15(6-7-17(16)19)11-20-18(2,3)4/h6-7,10,14,20H,5,8-9,11-13H2,1-4H3. The third-order valence-corrected chi connectivity index (χ3v) is 4.27. The molecule has 1 atom stereocenters. The van der Waals surface area contributed by atoms with Crippen LogP contribution >= 0.6 is 0 Å². The highest BCUT2D eigenvalue weighted by atomic mass is 19.1. The molecule has 2 nitrogen and oxygen atoms in total. The lowest BCUT2D eigenvalue weighted by Gasteiger charge is -2.21. The minimum absolute atomic E-state index is 0.0746. The fourth-order valence-electron chi connectivity index (χ4n) is 2.86. The van der Waals surface area contributed by atoms with E-state index < -0.39 is 0 Å². The number of nitrogens with zero attached hydrogens (tertiary/aromatic N) is 1. The van der Waals surface area contributed by atoms with Gasteiger partial charge < -0.3 is 5.32 Å². The highest BCUT2D eigenvalue weighted by Gasteiger charge is 2.21. The molecule has 2 rings (SSSR count). The second-order valence-electron chi connectivity index (χ2n) is 7.33. The Morgan fingerprint density at radius 1 is 1.33 bits per heavy atom. The van der Waals surface area contributed by atoms with E-state index in [2.05, 4.69) is 37.9 Å². The zero-order chi connectivity index (χ0) is 15.5. The predicted molar refractivity (Wildman–Crippen MR) is 86.7 cm³/mol. The summed E-state index contributed by atoms with van der Waals surface area (Å²) in [5.41, 5.74) is 2.07. The molecule has 0 saturated carbocycles. The molecule has 1 aromatic carbocycles. The Hall–Kier alpha value is -0.930. The molecule has 0 amide bonds. The van der Waals surface area contributed by atoms with Crippen LogP contribution in [0.25, 0.3) is 0 Å². The van der Waals surface area contributed by atoms with Crippen LogP contribution in [0, 0.1) is 11.7 Å². The minimum Gasteiger partial charge on any atom is -0.308 e. The van der Waals surface area contributed by atoms with Crippen molar-refractivity contribution in [1.82, 2.24) is 10.2 Å². The van der Waals surface area contributed by atoms with Gasteiger partial charge in [-0.3, -0.25) is 4.90 Å². The van der Waals surface area contributed by atoms with Gasteiger partial charge in [0.2, 0.25) is 0 Å². The molecule has 3 heteroatoms. The van der Waals surface area contributed by atoms with Crippen molar-refractivity contribution in [2.24, 2.45) is 5.92 Å². The largest absolute Gasteiger partial charge is 0.308 e. The van der Waals surface area contributed by atoms with Crippen molar-refractivity contribution in [2.45, 2.75) is 59.2 Å². The van der Waals surface area contributed by atoms with Gasteiger partial charge in [0.05, 0.1) is 0 Å². The summed E-state index contributed by atoms with van der Waals surface area (Å²) in [5.74, 6) is 0.716. The molecule has 1 N–H and O–H groups in total. The Bertz CT molecular complexity index is 465. The number of halogens is 1.